The van der Waals surface area contributed by atoms with Crippen molar-refractivity contribution in [2.45, 2.75) is 0 Å². The highest BCUT2D eigenvalue weighted by Gasteiger charge is 1.88. The Morgan fingerprint density at radius 2 is 2.36 bits per heavy atom. The smallest absolute Gasteiger partial charge is 0.116 e. The first-order valence-electron chi connectivity index (χ1n) is 3.32. The lowest BCUT2D eigenvalue weighted by Crippen LogP contribution is -1.94. The monoisotopic (exact) mass is 150 g/mol. The lowest BCUT2D eigenvalue weighted by Gasteiger charge is -1.93. The van der Waals surface area contributed by atoms with Crippen molar-refractivity contribution in [3.05, 3.63) is 29.8 Å². The second kappa shape index (κ2) is 3.61. The largest absolute Gasteiger partial charge is 0.508 e. The number of hydrazone groups is 1. The molecule has 11 heavy (non-hydrogen) atoms. The van der Waals surface area contributed by atoms with E-state index in [0.29, 0.717) is 0 Å². The van der Waals surface area contributed by atoms with E-state index in [2.05, 4.69) is 10.5 Å². The third-order valence-electron chi connectivity index (χ3n) is 1.21. The fourth-order valence-corrected chi connectivity index (χ4v) is 0.744. The highest BCUT2D eigenvalue weighted by atomic mass is 16.3. The fraction of sp³-hybridized carbons (Fsp3) is 0.125. The van der Waals surface area contributed by atoms with Crippen LogP contribution in [0.2, 0.25) is 0 Å². The molecule has 0 aromatic heterocycles. The molecule has 1 aromatic carbocycles. The van der Waals surface area contributed by atoms with E-state index >= 15 is 0 Å². The summed E-state index contributed by atoms with van der Waals surface area (Å²) in [6.07, 6.45) is 1.64. The van der Waals surface area contributed by atoms with Gasteiger partial charge in [-0.25, -0.2) is 0 Å². The van der Waals surface area contributed by atoms with Crippen LogP contribution >= 0.6 is 0 Å². The topological polar surface area (TPSA) is 44.6 Å². The maximum absolute atomic E-state index is 9.03. The van der Waals surface area contributed by atoms with Crippen molar-refractivity contribution < 1.29 is 5.11 Å². The zero-order chi connectivity index (χ0) is 8.10. The zero-order valence-electron chi connectivity index (χ0n) is 6.28. The van der Waals surface area contributed by atoms with Gasteiger partial charge in [-0.3, -0.25) is 0 Å². The molecule has 0 saturated heterocycles. The summed E-state index contributed by atoms with van der Waals surface area (Å²) in [6.45, 7) is 0. The van der Waals surface area contributed by atoms with Crippen LogP contribution in [0.3, 0.4) is 0 Å². The summed E-state index contributed by atoms with van der Waals surface area (Å²) in [5.41, 5.74) is 3.50. The molecule has 0 unspecified atom stereocenters. The van der Waals surface area contributed by atoms with Gasteiger partial charge in [0.25, 0.3) is 0 Å². The minimum absolute atomic E-state index is 0.255. The van der Waals surface area contributed by atoms with E-state index in [1.165, 1.54) is 0 Å². The van der Waals surface area contributed by atoms with E-state index < -0.39 is 0 Å². The summed E-state index contributed by atoms with van der Waals surface area (Å²) in [5, 5.41) is 12.8. The van der Waals surface area contributed by atoms with Crippen LogP contribution in [-0.4, -0.2) is 18.4 Å². The van der Waals surface area contributed by atoms with E-state index in [-0.39, 0.29) is 5.75 Å². The Morgan fingerprint density at radius 1 is 1.55 bits per heavy atom. The Hall–Kier alpha value is -1.51. The number of phenols is 1. The average molecular weight is 150 g/mol. The summed E-state index contributed by atoms with van der Waals surface area (Å²) < 4.78 is 0. The SMILES string of the molecule is CN/N=C\c1cccc(O)c1. The number of phenolic OH excluding ortho intramolecular Hbond substituents is 1. The van der Waals surface area contributed by atoms with E-state index in [1.807, 2.05) is 6.07 Å². The molecule has 0 aliphatic carbocycles. The molecule has 3 nitrogen and oxygen atoms in total. The van der Waals surface area contributed by atoms with Crippen molar-refractivity contribution in [3.63, 3.8) is 0 Å². The van der Waals surface area contributed by atoms with Crippen LogP contribution in [0.5, 0.6) is 5.75 Å². The van der Waals surface area contributed by atoms with Gasteiger partial charge in [0, 0.05) is 7.05 Å². The Morgan fingerprint density at radius 3 is 3.00 bits per heavy atom. The average Bonchev–Trinajstić information content (AvgIpc) is 2.01. The lowest BCUT2D eigenvalue weighted by molar-refractivity contribution is 0.475. The molecule has 0 spiro atoms. The lowest BCUT2D eigenvalue weighted by atomic mass is 10.2. The zero-order valence-corrected chi connectivity index (χ0v) is 6.28. The Balaban J connectivity index is 2.79. The van der Waals surface area contributed by atoms with Gasteiger partial charge in [-0.05, 0) is 17.7 Å². The Kier molecular flexibility index (Phi) is 2.49. The minimum atomic E-state index is 0.255. The third kappa shape index (κ3) is 2.29. The van der Waals surface area contributed by atoms with Crippen LogP contribution in [0.1, 0.15) is 5.56 Å². The van der Waals surface area contributed by atoms with Crippen LogP contribution < -0.4 is 5.43 Å². The van der Waals surface area contributed by atoms with Crippen LogP contribution in [0.4, 0.5) is 0 Å². The second-order valence-corrected chi connectivity index (χ2v) is 2.08. The highest BCUT2D eigenvalue weighted by Crippen LogP contribution is 2.08. The molecule has 3 heteroatoms. The number of hydrogen-bond acceptors (Lipinski definition) is 3. The van der Waals surface area contributed by atoms with Gasteiger partial charge in [0.1, 0.15) is 5.75 Å². The molecule has 0 atom stereocenters. The predicted molar refractivity (Wildman–Crippen MR) is 44.8 cm³/mol. The molecule has 58 valence electrons. The molecule has 0 aliphatic rings. The maximum Gasteiger partial charge on any atom is 0.116 e. The van der Waals surface area contributed by atoms with Gasteiger partial charge in [0.15, 0.2) is 0 Å². The number of hydrogen-bond donors (Lipinski definition) is 2. The number of nitrogens with zero attached hydrogens (tertiary/aromatic N) is 1. The van der Waals surface area contributed by atoms with Crippen molar-refractivity contribution >= 4 is 6.21 Å². The van der Waals surface area contributed by atoms with Gasteiger partial charge in [-0.2, -0.15) is 5.10 Å². The molecule has 0 bridgehead atoms. The van der Waals surface area contributed by atoms with Gasteiger partial charge in [0.05, 0.1) is 6.21 Å². The first-order valence-corrected chi connectivity index (χ1v) is 3.32. The first-order chi connectivity index (χ1) is 5.33. The van der Waals surface area contributed by atoms with Crippen molar-refractivity contribution in [3.8, 4) is 5.75 Å². The summed E-state index contributed by atoms with van der Waals surface area (Å²) in [4.78, 5) is 0. The molecule has 0 radical (unpaired) electrons. The number of benzene rings is 1. The highest BCUT2D eigenvalue weighted by molar-refractivity contribution is 5.79. The summed E-state index contributed by atoms with van der Waals surface area (Å²) in [5.74, 6) is 0.255. The van der Waals surface area contributed by atoms with E-state index in [0.717, 1.165) is 5.56 Å². The fourth-order valence-electron chi connectivity index (χ4n) is 0.744. The first kappa shape index (κ1) is 7.60. The van der Waals surface area contributed by atoms with E-state index in [1.54, 1.807) is 31.5 Å². The number of rotatable bonds is 2. The second-order valence-electron chi connectivity index (χ2n) is 2.08. The van der Waals surface area contributed by atoms with E-state index in [9.17, 15) is 0 Å². The summed E-state index contributed by atoms with van der Waals surface area (Å²) in [6, 6.07) is 6.89. The molecular weight excluding hydrogens is 140 g/mol. The van der Waals surface area contributed by atoms with Crippen LogP contribution in [0.25, 0.3) is 0 Å². The van der Waals surface area contributed by atoms with Crippen LogP contribution in [0, 0.1) is 0 Å². The predicted octanol–water partition coefficient (Wildman–Crippen LogP) is 0.946. The van der Waals surface area contributed by atoms with Crippen LogP contribution in [0.15, 0.2) is 29.4 Å². The summed E-state index contributed by atoms with van der Waals surface area (Å²) >= 11 is 0. The van der Waals surface area contributed by atoms with Gasteiger partial charge >= 0.3 is 0 Å². The van der Waals surface area contributed by atoms with Gasteiger partial charge in [-0.15, -0.1) is 0 Å². The van der Waals surface area contributed by atoms with Crippen molar-refractivity contribution in [2.24, 2.45) is 5.10 Å². The molecular formula is C8H10N2O. The Labute approximate surface area is 65.4 Å². The number of nitrogens with one attached hydrogen (secondary N) is 1. The van der Waals surface area contributed by atoms with E-state index in [4.69, 9.17) is 5.11 Å². The van der Waals surface area contributed by atoms with Gasteiger partial charge in [0.2, 0.25) is 0 Å². The Bertz CT molecular complexity index is 258. The quantitative estimate of drug-likeness (QED) is 0.487. The molecule has 2 N–H and O–H groups in total. The standard InChI is InChI=1S/C8H10N2O/c1-9-10-6-7-3-2-4-8(11)5-7/h2-6,9,11H,1H3/b10-6-. The minimum Gasteiger partial charge on any atom is -0.508 e. The molecule has 0 aliphatic heterocycles. The van der Waals surface area contributed by atoms with Crippen LogP contribution in [-0.2, 0) is 0 Å². The normalized spacial score (nSPS) is 10.3. The molecule has 1 aromatic rings. The summed E-state index contributed by atoms with van der Waals surface area (Å²) in [7, 11) is 1.72. The molecule has 0 saturated carbocycles. The van der Waals surface area contributed by atoms with Gasteiger partial charge < -0.3 is 10.5 Å². The third-order valence-corrected chi connectivity index (χ3v) is 1.21. The van der Waals surface area contributed by atoms with Gasteiger partial charge in [-0.1, -0.05) is 12.1 Å². The maximum atomic E-state index is 9.03. The van der Waals surface area contributed by atoms with Crippen molar-refractivity contribution in [1.82, 2.24) is 5.43 Å². The molecule has 0 fully saturated rings. The molecule has 1 rings (SSSR count). The molecule has 0 amide bonds. The number of aromatic hydroxyl groups is 1. The van der Waals surface area contributed by atoms with Crippen molar-refractivity contribution in [2.75, 3.05) is 7.05 Å². The molecule has 0 heterocycles. The van der Waals surface area contributed by atoms with Crippen molar-refractivity contribution in [1.29, 1.82) is 0 Å².